The summed E-state index contributed by atoms with van der Waals surface area (Å²) >= 11 is 1.63. The van der Waals surface area contributed by atoms with Crippen molar-refractivity contribution < 1.29 is 9.90 Å². The first kappa shape index (κ1) is 21.1. The van der Waals surface area contributed by atoms with Crippen molar-refractivity contribution in [2.24, 2.45) is 0 Å². The molecule has 29 heavy (non-hydrogen) atoms. The monoisotopic (exact) mass is 410 g/mol. The van der Waals surface area contributed by atoms with Crippen LogP contribution >= 0.6 is 11.8 Å². The predicted molar refractivity (Wildman–Crippen MR) is 121 cm³/mol. The number of rotatable bonds is 9. The summed E-state index contributed by atoms with van der Waals surface area (Å²) < 4.78 is 1.70. The molecule has 0 bridgehead atoms. The molecule has 0 aliphatic rings. The highest BCUT2D eigenvalue weighted by atomic mass is 32.2. The van der Waals surface area contributed by atoms with Gasteiger partial charge in [0.25, 0.3) is 5.56 Å². The van der Waals surface area contributed by atoms with E-state index in [1.54, 1.807) is 16.3 Å². The Morgan fingerprint density at radius 1 is 1.14 bits per heavy atom. The minimum absolute atomic E-state index is 0.138. The molecule has 1 N–H and O–H groups in total. The molecule has 6 heteroatoms. The number of aliphatic hydroxyl groups is 1. The maximum absolute atomic E-state index is 13.3. The van der Waals surface area contributed by atoms with Crippen molar-refractivity contribution in [3.05, 3.63) is 75.6 Å². The molecule has 1 aromatic heterocycles. The molecule has 0 radical (unpaired) electrons. The number of anilines is 1. The number of hydrogen-bond acceptors (Lipinski definition) is 5. The number of pyridine rings is 1. The van der Waals surface area contributed by atoms with Crippen molar-refractivity contribution in [2.75, 3.05) is 31.4 Å². The van der Waals surface area contributed by atoms with E-state index >= 15 is 0 Å². The highest BCUT2D eigenvalue weighted by Crippen LogP contribution is 2.28. The van der Waals surface area contributed by atoms with Crippen LogP contribution in [0.1, 0.15) is 27.9 Å². The molecular formula is C23H26N2O3S. The van der Waals surface area contributed by atoms with Crippen molar-refractivity contribution in [1.82, 2.24) is 4.57 Å². The Morgan fingerprint density at radius 3 is 2.55 bits per heavy atom. The first-order chi connectivity index (χ1) is 14.1. The second-order valence-corrected chi connectivity index (χ2v) is 8.22. The van der Waals surface area contributed by atoms with Gasteiger partial charge in [0.15, 0.2) is 6.29 Å². The minimum Gasteiger partial charge on any atom is -0.396 e. The standard InChI is InChI=1S/C23H26N2O3S/c1-24(2)18-9-10-19-21(16-29-12-6-11-26)20(15-27)23(28)25(22(19)13-18)14-17-7-4-3-5-8-17/h3-5,7-10,13,15,26H,6,11-12,14,16H2,1-2H3. The highest BCUT2D eigenvalue weighted by Gasteiger charge is 2.17. The summed E-state index contributed by atoms with van der Waals surface area (Å²) in [6, 6.07) is 15.8. The summed E-state index contributed by atoms with van der Waals surface area (Å²) in [7, 11) is 3.93. The Balaban J connectivity index is 2.20. The van der Waals surface area contributed by atoms with Gasteiger partial charge in [-0.05, 0) is 35.4 Å². The molecule has 0 aliphatic carbocycles. The Bertz CT molecular complexity index is 1050. The Hall–Kier alpha value is -2.57. The molecular weight excluding hydrogens is 384 g/mol. The van der Waals surface area contributed by atoms with Gasteiger partial charge < -0.3 is 14.6 Å². The van der Waals surface area contributed by atoms with E-state index in [2.05, 4.69) is 0 Å². The SMILES string of the molecule is CN(C)c1ccc2c(CSCCCO)c(C=O)c(=O)n(Cc3ccccc3)c2c1. The lowest BCUT2D eigenvalue weighted by Gasteiger charge is -2.19. The maximum atomic E-state index is 13.3. The van der Waals surface area contributed by atoms with Gasteiger partial charge in [-0.25, -0.2) is 0 Å². The molecule has 5 nitrogen and oxygen atoms in total. The summed E-state index contributed by atoms with van der Waals surface area (Å²) in [5.41, 5.74) is 3.57. The molecule has 0 aliphatic heterocycles. The van der Waals surface area contributed by atoms with Gasteiger partial charge in [-0.3, -0.25) is 9.59 Å². The number of aliphatic hydroxyl groups excluding tert-OH is 1. The average Bonchev–Trinajstić information content (AvgIpc) is 2.74. The zero-order valence-corrected chi connectivity index (χ0v) is 17.6. The van der Waals surface area contributed by atoms with E-state index in [-0.39, 0.29) is 17.7 Å². The normalized spacial score (nSPS) is 11.0. The zero-order chi connectivity index (χ0) is 20.8. The number of thioether (sulfide) groups is 1. The van der Waals surface area contributed by atoms with Crippen molar-refractivity contribution in [3.63, 3.8) is 0 Å². The number of benzene rings is 2. The van der Waals surface area contributed by atoms with Crippen LogP contribution in [0.4, 0.5) is 5.69 Å². The quantitative estimate of drug-likeness (QED) is 0.432. The summed E-state index contributed by atoms with van der Waals surface area (Å²) in [5.74, 6) is 1.34. The van der Waals surface area contributed by atoms with Crippen LogP contribution in [0.25, 0.3) is 10.9 Å². The number of aromatic nitrogens is 1. The highest BCUT2D eigenvalue weighted by molar-refractivity contribution is 7.98. The number of carbonyl (C=O) groups excluding carboxylic acids is 1. The van der Waals surface area contributed by atoms with Gasteiger partial charge in [0.1, 0.15) is 0 Å². The van der Waals surface area contributed by atoms with Crippen LogP contribution < -0.4 is 10.5 Å². The molecule has 152 valence electrons. The fourth-order valence-corrected chi connectivity index (χ4v) is 4.34. The fourth-order valence-electron chi connectivity index (χ4n) is 3.35. The number of fused-ring (bicyclic) bond motifs is 1. The summed E-state index contributed by atoms with van der Waals surface area (Å²) in [4.78, 5) is 27.2. The van der Waals surface area contributed by atoms with E-state index in [0.29, 0.717) is 25.0 Å². The lowest BCUT2D eigenvalue weighted by Crippen LogP contribution is -2.26. The molecule has 0 unspecified atom stereocenters. The van der Waals surface area contributed by atoms with Gasteiger partial charge in [-0.1, -0.05) is 36.4 Å². The summed E-state index contributed by atoms with van der Waals surface area (Å²) in [6.45, 7) is 0.547. The van der Waals surface area contributed by atoms with E-state index in [9.17, 15) is 9.59 Å². The number of carbonyl (C=O) groups is 1. The van der Waals surface area contributed by atoms with Gasteiger partial charge in [0.2, 0.25) is 0 Å². The van der Waals surface area contributed by atoms with Crippen LogP contribution in [0.5, 0.6) is 0 Å². The summed E-state index contributed by atoms with van der Waals surface area (Å²) in [6.07, 6.45) is 1.37. The van der Waals surface area contributed by atoms with Gasteiger partial charge in [-0.15, -0.1) is 0 Å². The van der Waals surface area contributed by atoms with E-state index in [1.807, 2.05) is 67.5 Å². The molecule has 0 atom stereocenters. The smallest absolute Gasteiger partial charge is 0.262 e. The molecule has 1 heterocycles. The average molecular weight is 411 g/mol. The van der Waals surface area contributed by atoms with Gasteiger partial charge in [0, 0.05) is 37.5 Å². The lowest BCUT2D eigenvalue weighted by atomic mass is 10.0. The topological polar surface area (TPSA) is 62.5 Å². The van der Waals surface area contributed by atoms with E-state index in [0.717, 1.165) is 33.5 Å². The van der Waals surface area contributed by atoms with E-state index in [1.165, 1.54) is 0 Å². The number of nitrogens with zero attached hydrogens (tertiary/aromatic N) is 2. The number of hydrogen-bond donors (Lipinski definition) is 1. The molecule has 0 saturated heterocycles. The van der Waals surface area contributed by atoms with E-state index < -0.39 is 0 Å². The number of aldehydes is 1. The molecule has 3 rings (SSSR count). The van der Waals surface area contributed by atoms with Crippen LogP contribution in [0.15, 0.2) is 53.3 Å². The summed E-state index contributed by atoms with van der Waals surface area (Å²) in [5, 5.41) is 9.93. The van der Waals surface area contributed by atoms with Gasteiger partial charge >= 0.3 is 0 Å². The Labute approximate surface area is 175 Å². The Kier molecular flexibility index (Phi) is 7.12. The van der Waals surface area contributed by atoms with Gasteiger partial charge in [0.05, 0.1) is 17.6 Å². The molecule has 0 amide bonds. The minimum atomic E-state index is -0.259. The third-order valence-electron chi connectivity index (χ3n) is 4.91. The second-order valence-electron chi connectivity index (χ2n) is 7.11. The third kappa shape index (κ3) is 4.71. The fraction of sp³-hybridized carbons (Fsp3) is 0.304. The van der Waals surface area contributed by atoms with Crippen LogP contribution in [0.3, 0.4) is 0 Å². The molecule has 3 aromatic rings. The first-order valence-electron chi connectivity index (χ1n) is 9.61. The maximum Gasteiger partial charge on any atom is 0.262 e. The van der Waals surface area contributed by atoms with Crippen LogP contribution in [-0.4, -0.2) is 42.4 Å². The second kappa shape index (κ2) is 9.76. The van der Waals surface area contributed by atoms with Crippen molar-refractivity contribution in [3.8, 4) is 0 Å². The van der Waals surface area contributed by atoms with Crippen LogP contribution in [0.2, 0.25) is 0 Å². The predicted octanol–water partition coefficient (Wildman–Crippen LogP) is 3.54. The van der Waals surface area contributed by atoms with Gasteiger partial charge in [-0.2, -0.15) is 11.8 Å². The Morgan fingerprint density at radius 2 is 1.90 bits per heavy atom. The zero-order valence-electron chi connectivity index (χ0n) is 16.8. The van der Waals surface area contributed by atoms with E-state index in [4.69, 9.17) is 5.11 Å². The molecule has 0 saturated carbocycles. The lowest BCUT2D eigenvalue weighted by molar-refractivity contribution is 0.112. The van der Waals surface area contributed by atoms with Crippen molar-refractivity contribution in [2.45, 2.75) is 18.7 Å². The molecule has 0 spiro atoms. The van der Waals surface area contributed by atoms with Crippen LogP contribution in [0, 0.1) is 0 Å². The van der Waals surface area contributed by atoms with Crippen molar-refractivity contribution >= 4 is 34.6 Å². The van der Waals surface area contributed by atoms with Crippen LogP contribution in [-0.2, 0) is 12.3 Å². The molecule has 0 fully saturated rings. The third-order valence-corrected chi connectivity index (χ3v) is 5.98. The van der Waals surface area contributed by atoms with Crippen molar-refractivity contribution in [1.29, 1.82) is 0 Å². The first-order valence-corrected chi connectivity index (χ1v) is 10.8. The molecule has 2 aromatic carbocycles. The largest absolute Gasteiger partial charge is 0.396 e.